The number of likely N-dealkylation sites (tertiary alicyclic amines) is 1. The average molecular weight is 654 g/mol. The number of esters is 2. The third-order valence-corrected chi connectivity index (χ3v) is 8.56. The molecule has 1 fully saturated rings. The lowest BCUT2D eigenvalue weighted by Gasteiger charge is -2.38. The van der Waals surface area contributed by atoms with Crippen molar-refractivity contribution in [3.05, 3.63) is 0 Å². The Bertz CT molecular complexity index is 1100. The van der Waals surface area contributed by atoms with Gasteiger partial charge in [0.25, 0.3) is 5.91 Å². The fourth-order valence-corrected chi connectivity index (χ4v) is 5.48. The zero-order chi connectivity index (χ0) is 35.3. The van der Waals surface area contributed by atoms with Crippen molar-refractivity contribution in [1.82, 2.24) is 25.3 Å². The number of rotatable bonds is 17. The van der Waals surface area contributed by atoms with Crippen LogP contribution in [0.15, 0.2) is 0 Å². The van der Waals surface area contributed by atoms with Crippen LogP contribution in [0.3, 0.4) is 0 Å². The van der Waals surface area contributed by atoms with Gasteiger partial charge in [-0.3, -0.25) is 33.6 Å². The van der Waals surface area contributed by atoms with Gasteiger partial charge in [0.1, 0.15) is 24.2 Å². The summed E-state index contributed by atoms with van der Waals surface area (Å²) in [5.74, 6) is -4.03. The van der Waals surface area contributed by atoms with Crippen LogP contribution in [0.2, 0.25) is 0 Å². The van der Waals surface area contributed by atoms with Crippen LogP contribution in [-0.4, -0.2) is 121 Å². The SMILES string of the molecule is CCC[C@@H](OC(C)=O)C(=O)N1CCC[C@H]1C(=O)N[C@H](C(=O)N(C)[C@H](C(=O)N(C)[C@@H](C)C(=O)NCCC(=O)OC)C(C)C)[C@@H](C)CC. The maximum Gasteiger partial charge on any atom is 0.307 e. The van der Waals surface area contributed by atoms with E-state index in [1.54, 1.807) is 20.8 Å². The number of ether oxygens (including phenoxy) is 2. The highest BCUT2D eigenvalue weighted by Gasteiger charge is 2.42. The van der Waals surface area contributed by atoms with Crippen molar-refractivity contribution < 1.29 is 43.0 Å². The van der Waals surface area contributed by atoms with Gasteiger partial charge in [0.2, 0.25) is 23.6 Å². The van der Waals surface area contributed by atoms with Crippen LogP contribution in [-0.2, 0) is 43.0 Å². The van der Waals surface area contributed by atoms with Gasteiger partial charge >= 0.3 is 11.9 Å². The second kappa shape index (κ2) is 19.1. The van der Waals surface area contributed by atoms with Crippen molar-refractivity contribution in [3.8, 4) is 0 Å². The molecule has 0 aliphatic carbocycles. The van der Waals surface area contributed by atoms with Crippen molar-refractivity contribution in [2.24, 2.45) is 11.8 Å². The molecule has 0 unspecified atom stereocenters. The highest BCUT2D eigenvalue weighted by Crippen LogP contribution is 2.23. The third kappa shape index (κ3) is 11.0. The minimum Gasteiger partial charge on any atom is -0.469 e. The summed E-state index contributed by atoms with van der Waals surface area (Å²) < 4.78 is 9.83. The van der Waals surface area contributed by atoms with Crippen LogP contribution in [0, 0.1) is 11.8 Å². The van der Waals surface area contributed by atoms with Crippen LogP contribution in [0.25, 0.3) is 0 Å². The van der Waals surface area contributed by atoms with Crippen LogP contribution >= 0.6 is 0 Å². The largest absolute Gasteiger partial charge is 0.469 e. The van der Waals surface area contributed by atoms with Gasteiger partial charge in [0.05, 0.1) is 13.5 Å². The standard InChI is InChI=1S/C32H55N5O9/c1-11-14-24(46-22(7)38)30(42)37-18-13-15-23(37)29(41)34-26(20(5)12-2)31(43)36(9)27(19(3)4)32(44)35(8)21(6)28(40)33-17-16-25(39)45-10/h19-21,23-24,26-27H,11-18H2,1-10H3,(H,33,40)(H,34,41)/t20-,21-,23-,24+,26-,27-/m0/s1. The summed E-state index contributed by atoms with van der Waals surface area (Å²) in [4.78, 5) is 94.4. The summed E-state index contributed by atoms with van der Waals surface area (Å²) in [6.07, 6.45) is 1.46. The molecule has 0 bridgehead atoms. The summed E-state index contributed by atoms with van der Waals surface area (Å²) in [7, 11) is 4.23. The molecule has 0 saturated carbocycles. The maximum atomic E-state index is 14.0. The van der Waals surface area contributed by atoms with E-state index in [2.05, 4.69) is 15.4 Å². The predicted molar refractivity (Wildman–Crippen MR) is 170 cm³/mol. The summed E-state index contributed by atoms with van der Waals surface area (Å²) in [6.45, 7) is 12.3. The normalized spacial score (nSPS) is 17.6. The van der Waals surface area contributed by atoms with E-state index in [0.717, 1.165) is 0 Å². The molecule has 0 aromatic heterocycles. The Balaban J connectivity index is 3.15. The number of nitrogens with zero attached hydrogens (tertiary/aromatic N) is 3. The van der Waals surface area contributed by atoms with Crippen LogP contribution in [0.1, 0.15) is 87.0 Å². The number of hydrogen-bond donors (Lipinski definition) is 2. The summed E-state index contributed by atoms with van der Waals surface area (Å²) in [5, 5.41) is 5.48. The fraction of sp³-hybridized carbons (Fsp3) is 0.781. The lowest BCUT2D eigenvalue weighted by Crippen LogP contribution is -2.61. The first-order valence-corrected chi connectivity index (χ1v) is 16.2. The molecule has 1 aliphatic heterocycles. The fourth-order valence-electron chi connectivity index (χ4n) is 5.48. The van der Waals surface area contributed by atoms with Crippen LogP contribution < -0.4 is 10.6 Å². The van der Waals surface area contributed by atoms with E-state index in [4.69, 9.17) is 4.74 Å². The number of likely N-dealkylation sites (N-methyl/N-ethyl adjacent to an activating group) is 2. The highest BCUT2D eigenvalue weighted by atomic mass is 16.5. The van der Waals surface area contributed by atoms with Gasteiger partial charge in [0.15, 0.2) is 6.10 Å². The van der Waals surface area contributed by atoms with E-state index in [-0.39, 0.29) is 24.8 Å². The quantitative estimate of drug-likeness (QED) is 0.219. The number of nitrogens with one attached hydrogen (secondary N) is 2. The molecule has 14 heteroatoms. The van der Waals surface area contributed by atoms with Gasteiger partial charge in [-0.2, -0.15) is 0 Å². The molecule has 0 radical (unpaired) electrons. The molecule has 1 aliphatic rings. The lowest BCUT2D eigenvalue weighted by atomic mass is 9.94. The van der Waals surface area contributed by atoms with E-state index in [1.165, 1.54) is 42.8 Å². The summed E-state index contributed by atoms with van der Waals surface area (Å²) in [6, 6.07) is -3.67. The zero-order valence-electron chi connectivity index (χ0n) is 29.2. The van der Waals surface area contributed by atoms with Gasteiger partial charge in [-0.1, -0.05) is 47.5 Å². The molecule has 0 aromatic carbocycles. The van der Waals surface area contributed by atoms with E-state index in [0.29, 0.717) is 38.6 Å². The lowest BCUT2D eigenvalue weighted by molar-refractivity contribution is -0.160. The van der Waals surface area contributed by atoms with E-state index in [1.807, 2.05) is 20.8 Å². The van der Waals surface area contributed by atoms with Gasteiger partial charge in [-0.15, -0.1) is 0 Å². The molecule has 14 nitrogen and oxygen atoms in total. The Morgan fingerprint density at radius 2 is 1.59 bits per heavy atom. The van der Waals surface area contributed by atoms with Crippen LogP contribution in [0.4, 0.5) is 0 Å². The number of amides is 5. The maximum absolute atomic E-state index is 14.0. The second-order valence-corrected chi connectivity index (χ2v) is 12.3. The Kier molecular flexibility index (Phi) is 16.7. The molecule has 0 spiro atoms. The topological polar surface area (TPSA) is 172 Å². The monoisotopic (exact) mass is 653 g/mol. The molecule has 1 saturated heterocycles. The molecular formula is C32H55N5O9. The van der Waals surface area contributed by atoms with Crippen molar-refractivity contribution in [2.45, 2.75) is 117 Å². The Morgan fingerprint density at radius 1 is 0.957 bits per heavy atom. The van der Waals surface area contributed by atoms with Crippen molar-refractivity contribution >= 4 is 41.5 Å². The molecule has 5 amide bonds. The molecular weight excluding hydrogens is 598 g/mol. The first-order valence-electron chi connectivity index (χ1n) is 16.2. The van der Waals surface area contributed by atoms with Gasteiger partial charge < -0.3 is 34.8 Å². The zero-order valence-corrected chi connectivity index (χ0v) is 29.2. The average Bonchev–Trinajstić information content (AvgIpc) is 3.51. The Morgan fingerprint density at radius 3 is 2.11 bits per heavy atom. The number of methoxy groups -OCH3 is 1. The van der Waals surface area contributed by atoms with Crippen molar-refractivity contribution in [1.29, 1.82) is 0 Å². The second-order valence-electron chi connectivity index (χ2n) is 12.3. The van der Waals surface area contributed by atoms with Gasteiger partial charge in [0, 0.05) is 34.1 Å². The molecule has 2 N–H and O–H groups in total. The minimum absolute atomic E-state index is 0.0144. The summed E-state index contributed by atoms with van der Waals surface area (Å²) >= 11 is 0. The molecule has 6 atom stereocenters. The molecule has 46 heavy (non-hydrogen) atoms. The van der Waals surface area contributed by atoms with Gasteiger partial charge in [-0.25, -0.2) is 0 Å². The molecule has 0 aromatic rings. The number of carbonyl (C=O) groups is 7. The van der Waals surface area contributed by atoms with E-state index >= 15 is 0 Å². The predicted octanol–water partition coefficient (Wildman–Crippen LogP) is 1.25. The Labute approximate surface area is 273 Å². The highest BCUT2D eigenvalue weighted by molar-refractivity contribution is 5.96. The van der Waals surface area contributed by atoms with E-state index < -0.39 is 71.7 Å². The molecule has 262 valence electrons. The number of hydrogen-bond acceptors (Lipinski definition) is 9. The third-order valence-electron chi connectivity index (χ3n) is 8.56. The molecule has 1 rings (SSSR count). The summed E-state index contributed by atoms with van der Waals surface area (Å²) in [5.41, 5.74) is 0. The van der Waals surface area contributed by atoms with Crippen LogP contribution in [0.5, 0.6) is 0 Å². The number of carbonyl (C=O) groups excluding carboxylic acids is 7. The first kappa shape index (κ1) is 40.3. The van der Waals surface area contributed by atoms with E-state index in [9.17, 15) is 33.6 Å². The Hall–Kier alpha value is -3.71. The smallest absolute Gasteiger partial charge is 0.307 e. The van der Waals surface area contributed by atoms with Gasteiger partial charge in [-0.05, 0) is 38.0 Å². The first-order chi connectivity index (χ1) is 21.5. The molecule has 1 heterocycles. The minimum atomic E-state index is -0.988. The van der Waals surface area contributed by atoms with Crippen molar-refractivity contribution in [3.63, 3.8) is 0 Å². The van der Waals surface area contributed by atoms with Crippen molar-refractivity contribution in [2.75, 3.05) is 34.3 Å².